The number of hydrogen-bond donors (Lipinski definition) is 2. The number of amides is 1. The van der Waals surface area contributed by atoms with Gasteiger partial charge in [-0.1, -0.05) is 47.5 Å². The van der Waals surface area contributed by atoms with Gasteiger partial charge in [0.25, 0.3) is 5.91 Å². The molecule has 0 atom stereocenters. The highest BCUT2D eigenvalue weighted by Crippen LogP contribution is 2.41. The number of pyridine rings is 1. The Morgan fingerprint density at radius 3 is 2.24 bits per heavy atom. The molecule has 0 spiro atoms. The van der Waals surface area contributed by atoms with E-state index in [1.54, 1.807) is 0 Å². The van der Waals surface area contributed by atoms with Gasteiger partial charge in [0.1, 0.15) is 13.7 Å². The largest absolute Gasteiger partial charge is 0.366 e. The van der Waals surface area contributed by atoms with Crippen LogP contribution in [-0.2, 0) is 0 Å². The standard InChI is InChI=1S/C19H26IN3OSi/c1-11(2)25(12(3)4,13(5)6)8-7-14-15-9-17(20)23-19(15)22-10-16(14)18(21)24/h9-13H,1-6H3,(H2,21,24)(H,22,23). The van der Waals surface area contributed by atoms with Crippen LogP contribution in [0.2, 0.25) is 16.6 Å². The molecule has 25 heavy (non-hydrogen) atoms. The number of primary amides is 1. The minimum atomic E-state index is -1.89. The second-order valence-electron chi connectivity index (χ2n) is 7.44. The number of aromatic amines is 1. The average molecular weight is 467 g/mol. The molecule has 3 N–H and O–H groups in total. The zero-order chi connectivity index (χ0) is 18.9. The van der Waals surface area contributed by atoms with Crippen molar-refractivity contribution >= 4 is 47.6 Å². The predicted molar refractivity (Wildman–Crippen MR) is 115 cm³/mol. The van der Waals surface area contributed by atoms with Crippen LogP contribution in [0.4, 0.5) is 0 Å². The van der Waals surface area contributed by atoms with Gasteiger partial charge in [0.05, 0.1) is 9.26 Å². The lowest BCUT2D eigenvalue weighted by molar-refractivity contribution is 0.1000. The zero-order valence-electron chi connectivity index (χ0n) is 15.7. The fourth-order valence-electron chi connectivity index (χ4n) is 3.97. The molecule has 0 saturated heterocycles. The maximum Gasteiger partial charge on any atom is 0.251 e. The van der Waals surface area contributed by atoms with Gasteiger partial charge in [-0.15, -0.1) is 5.54 Å². The molecule has 0 bridgehead atoms. The van der Waals surface area contributed by atoms with E-state index in [4.69, 9.17) is 5.73 Å². The van der Waals surface area contributed by atoms with Gasteiger partial charge < -0.3 is 10.7 Å². The Labute approximate surface area is 164 Å². The van der Waals surface area contributed by atoms with E-state index in [9.17, 15) is 4.79 Å². The topological polar surface area (TPSA) is 71.8 Å². The molecule has 0 radical (unpaired) electrons. The summed E-state index contributed by atoms with van der Waals surface area (Å²) >= 11 is 2.20. The molecule has 1 amide bonds. The Bertz CT molecular complexity index is 837. The number of nitrogens with two attached hydrogens (primary N) is 1. The summed E-state index contributed by atoms with van der Waals surface area (Å²) in [5.74, 6) is 2.90. The van der Waals surface area contributed by atoms with Crippen molar-refractivity contribution in [2.24, 2.45) is 5.73 Å². The van der Waals surface area contributed by atoms with Crippen LogP contribution in [0.3, 0.4) is 0 Å². The Balaban J connectivity index is 2.77. The number of carbonyl (C=O) groups excluding carboxylic acids is 1. The molecule has 4 nitrogen and oxygen atoms in total. The number of nitrogens with zero attached hydrogens (tertiary/aromatic N) is 1. The van der Waals surface area contributed by atoms with Gasteiger partial charge in [0.15, 0.2) is 0 Å². The molecule has 2 rings (SSSR count). The van der Waals surface area contributed by atoms with Crippen LogP contribution in [-0.4, -0.2) is 23.9 Å². The van der Waals surface area contributed by atoms with Crippen molar-refractivity contribution in [3.8, 4) is 11.5 Å². The van der Waals surface area contributed by atoms with E-state index in [1.807, 2.05) is 6.07 Å². The van der Waals surface area contributed by atoms with E-state index in [0.717, 1.165) is 14.7 Å². The third-order valence-corrected chi connectivity index (χ3v) is 12.0. The van der Waals surface area contributed by atoms with Gasteiger partial charge in [-0.3, -0.25) is 4.79 Å². The van der Waals surface area contributed by atoms with Crippen molar-refractivity contribution < 1.29 is 4.79 Å². The van der Waals surface area contributed by atoms with E-state index in [-0.39, 0.29) is 0 Å². The molecule has 134 valence electrons. The predicted octanol–water partition coefficient (Wildman–Crippen LogP) is 4.84. The molecule has 2 aromatic heterocycles. The van der Waals surface area contributed by atoms with Crippen LogP contribution < -0.4 is 5.73 Å². The number of hydrogen-bond acceptors (Lipinski definition) is 2. The fourth-order valence-corrected chi connectivity index (χ4v) is 9.74. The second-order valence-corrected chi connectivity index (χ2v) is 14.2. The molecule has 0 aliphatic carbocycles. The van der Waals surface area contributed by atoms with Crippen molar-refractivity contribution in [3.05, 3.63) is 27.1 Å². The Morgan fingerprint density at radius 2 is 1.76 bits per heavy atom. The first kappa shape index (κ1) is 20.0. The van der Waals surface area contributed by atoms with Gasteiger partial charge in [-0.25, -0.2) is 4.98 Å². The summed E-state index contributed by atoms with van der Waals surface area (Å²) in [5.41, 5.74) is 12.7. The summed E-state index contributed by atoms with van der Waals surface area (Å²) in [7, 11) is -1.89. The van der Waals surface area contributed by atoms with Crippen molar-refractivity contribution in [3.63, 3.8) is 0 Å². The van der Waals surface area contributed by atoms with Gasteiger partial charge >= 0.3 is 0 Å². The second kappa shape index (κ2) is 7.50. The fraction of sp³-hybridized carbons (Fsp3) is 0.474. The van der Waals surface area contributed by atoms with Crippen LogP contribution in [0.5, 0.6) is 0 Å². The van der Waals surface area contributed by atoms with Crippen LogP contribution in [0.1, 0.15) is 57.5 Å². The zero-order valence-corrected chi connectivity index (χ0v) is 18.9. The summed E-state index contributed by atoms with van der Waals surface area (Å²) in [6, 6.07) is 1.97. The number of fused-ring (bicyclic) bond motifs is 1. The first-order chi connectivity index (χ1) is 11.6. The van der Waals surface area contributed by atoms with Crippen molar-refractivity contribution in [1.29, 1.82) is 0 Å². The minimum Gasteiger partial charge on any atom is -0.366 e. The number of halogens is 1. The summed E-state index contributed by atoms with van der Waals surface area (Å²) in [6.45, 7) is 13.7. The van der Waals surface area contributed by atoms with Crippen LogP contribution in [0, 0.1) is 15.2 Å². The maximum atomic E-state index is 11.9. The van der Waals surface area contributed by atoms with Gasteiger partial charge in [0, 0.05) is 17.1 Å². The van der Waals surface area contributed by atoms with Crippen molar-refractivity contribution in [2.45, 2.75) is 58.2 Å². The Kier molecular flexibility index (Phi) is 6.00. The summed E-state index contributed by atoms with van der Waals surface area (Å²) in [6.07, 6.45) is 1.53. The number of carbonyl (C=O) groups is 1. The smallest absolute Gasteiger partial charge is 0.251 e. The number of H-pyrrole nitrogens is 1. The first-order valence-electron chi connectivity index (χ1n) is 8.61. The van der Waals surface area contributed by atoms with Crippen molar-refractivity contribution in [2.75, 3.05) is 0 Å². The van der Waals surface area contributed by atoms with E-state index in [2.05, 4.69) is 85.6 Å². The minimum absolute atomic E-state index is 0.398. The lowest BCUT2D eigenvalue weighted by atomic mass is 10.1. The highest BCUT2D eigenvalue weighted by molar-refractivity contribution is 14.1. The molecule has 0 aromatic carbocycles. The van der Waals surface area contributed by atoms with Gasteiger partial charge in [-0.2, -0.15) is 0 Å². The molecule has 0 saturated carbocycles. The average Bonchev–Trinajstić information content (AvgIpc) is 2.86. The van der Waals surface area contributed by atoms with Crippen molar-refractivity contribution in [1.82, 2.24) is 9.97 Å². The van der Waals surface area contributed by atoms with Crippen LogP contribution in [0.15, 0.2) is 12.3 Å². The van der Waals surface area contributed by atoms with E-state index >= 15 is 0 Å². The molecule has 6 heteroatoms. The number of aromatic nitrogens is 2. The van der Waals surface area contributed by atoms with Crippen LogP contribution in [0.25, 0.3) is 11.0 Å². The quantitative estimate of drug-likeness (QED) is 0.384. The summed E-state index contributed by atoms with van der Waals surface area (Å²) < 4.78 is 0.963. The first-order valence-corrected chi connectivity index (χ1v) is 11.9. The normalized spacial score (nSPS) is 12.1. The van der Waals surface area contributed by atoms with Gasteiger partial charge in [0.2, 0.25) is 0 Å². The molecular weight excluding hydrogens is 441 g/mol. The number of rotatable bonds is 4. The molecule has 0 fully saturated rings. The molecule has 2 heterocycles. The molecule has 0 aliphatic rings. The van der Waals surface area contributed by atoms with Gasteiger partial charge in [-0.05, 0) is 45.3 Å². The van der Waals surface area contributed by atoms with E-state index in [1.165, 1.54) is 6.20 Å². The van der Waals surface area contributed by atoms with E-state index < -0.39 is 14.0 Å². The highest BCUT2D eigenvalue weighted by Gasteiger charge is 2.41. The Hall–Kier alpha value is -1.33. The lowest BCUT2D eigenvalue weighted by Crippen LogP contribution is -2.43. The van der Waals surface area contributed by atoms with E-state index in [0.29, 0.717) is 27.8 Å². The van der Waals surface area contributed by atoms with Crippen LogP contribution >= 0.6 is 22.6 Å². The maximum absolute atomic E-state index is 11.9. The Morgan fingerprint density at radius 1 is 1.20 bits per heavy atom. The lowest BCUT2D eigenvalue weighted by Gasteiger charge is -2.38. The molecule has 0 aliphatic heterocycles. The third-order valence-electron chi connectivity index (χ3n) is 5.16. The molecule has 0 unspecified atom stereocenters. The molecular formula is C19H26IN3OSi. The molecule has 2 aromatic rings. The third kappa shape index (κ3) is 3.63. The highest BCUT2D eigenvalue weighted by atomic mass is 127. The summed E-state index contributed by atoms with van der Waals surface area (Å²) in [4.78, 5) is 19.4. The number of nitrogens with one attached hydrogen (secondary N) is 1. The monoisotopic (exact) mass is 467 g/mol. The SMILES string of the molecule is CC(C)[Si](C#Cc1c(C(N)=O)cnc2[nH]c(I)cc12)(C(C)C)C(C)C. The summed E-state index contributed by atoms with van der Waals surface area (Å²) in [5, 5.41) is 0.868.